The number of hydrogen-bond acceptors (Lipinski definition) is 6. The second-order valence-corrected chi connectivity index (χ2v) is 3.49. The summed E-state index contributed by atoms with van der Waals surface area (Å²) in [4.78, 5) is 5.13. The number of nitrogens with zero attached hydrogens (tertiary/aromatic N) is 1. The Labute approximate surface area is 75.2 Å². The number of aliphatic hydroxyl groups is 3. The first kappa shape index (κ1) is 9.32. The number of likely N-dealkylation sites (N-methyl/N-ethyl adjacent to an activating group) is 1. The average molecular weight is 191 g/mol. The van der Waals surface area contributed by atoms with Crippen LogP contribution >= 0.6 is 0 Å². The summed E-state index contributed by atoms with van der Waals surface area (Å²) in [6, 6.07) is -0.624. The van der Waals surface area contributed by atoms with Crippen LogP contribution in [0.3, 0.4) is 0 Å². The van der Waals surface area contributed by atoms with Gasteiger partial charge in [0, 0.05) is 7.05 Å². The van der Waals surface area contributed by atoms with Gasteiger partial charge in [-0.15, -0.1) is 0 Å². The first-order valence-electron chi connectivity index (χ1n) is 4.11. The summed E-state index contributed by atoms with van der Waals surface area (Å²) < 4.78 is 5.09. The third kappa shape index (κ3) is 1.11. The van der Waals surface area contributed by atoms with Crippen LogP contribution in [0.4, 0.5) is 0 Å². The molecule has 2 aliphatic heterocycles. The van der Waals surface area contributed by atoms with Gasteiger partial charge >= 0.3 is 0 Å². The molecule has 2 saturated heterocycles. The largest absolute Gasteiger partial charge is 0.393 e. The van der Waals surface area contributed by atoms with Gasteiger partial charge in [0.25, 0.3) is 0 Å². The monoisotopic (exact) mass is 191 g/mol. The molecule has 2 heterocycles. The minimum absolute atomic E-state index is 0.0503. The van der Waals surface area contributed by atoms with Crippen LogP contribution < -0.4 is 0 Å². The van der Waals surface area contributed by atoms with Crippen LogP contribution in [0, 0.1) is 0 Å². The number of hydroxylamine groups is 2. The molecule has 0 aliphatic carbocycles. The lowest BCUT2D eigenvalue weighted by Gasteiger charge is -2.37. The zero-order valence-electron chi connectivity index (χ0n) is 7.25. The molecule has 0 amide bonds. The standard InChI is InChI=1S/C7H13NO5/c1-8-4-5(10)7(2-9,3-12-8)13-6(4)11/h4-6,9-11H,2-3H2,1H3/t4?,5?,6-,7+/m1/s1. The van der Waals surface area contributed by atoms with Gasteiger partial charge in [-0.05, 0) is 0 Å². The molecule has 2 unspecified atom stereocenters. The Bertz CT molecular complexity index is 213. The fourth-order valence-corrected chi connectivity index (χ4v) is 1.82. The van der Waals surface area contributed by atoms with Gasteiger partial charge in [-0.25, -0.2) is 0 Å². The van der Waals surface area contributed by atoms with Gasteiger partial charge in [-0.1, -0.05) is 0 Å². The lowest BCUT2D eigenvalue weighted by Crippen LogP contribution is -2.59. The van der Waals surface area contributed by atoms with E-state index in [1.807, 2.05) is 0 Å². The molecule has 2 fully saturated rings. The van der Waals surface area contributed by atoms with E-state index in [1.165, 1.54) is 5.06 Å². The number of hydrogen-bond donors (Lipinski definition) is 3. The second-order valence-electron chi connectivity index (χ2n) is 3.49. The molecule has 2 rings (SSSR count). The minimum Gasteiger partial charge on any atom is -0.393 e. The third-order valence-corrected chi connectivity index (χ3v) is 2.71. The summed E-state index contributed by atoms with van der Waals surface area (Å²) >= 11 is 0. The van der Waals surface area contributed by atoms with E-state index < -0.39 is 24.0 Å². The minimum atomic E-state index is -1.16. The molecule has 6 heteroatoms. The predicted molar refractivity (Wildman–Crippen MR) is 40.4 cm³/mol. The van der Waals surface area contributed by atoms with Crippen molar-refractivity contribution in [2.24, 2.45) is 0 Å². The van der Waals surface area contributed by atoms with E-state index in [1.54, 1.807) is 7.05 Å². The van der Waals surface area contributed by atoms with Crippen molar-refractivity contribution in [3.8, 4) is 0 Å². The Kier molecular flexibility index (Phi) is 2.06. The van der Waals surface area contributed by atoms with Gasteiger partial charge in [0.2, 0.25) is 0 Å². The Balaban J connectivity index is 2.27. The molecule has 0 aromatic rings. The average Bonchev–Trinajstić information content (AvgIpc) is 2.25. The molecule has 0 aromatic heterocycles. The van der Waals surface area contributed by atoms with Gasteiger partial charge in [0.15, 0.2) is 6.29 Å². The van der Waals surface area contributed by atoms with E-state index in [0.717, 1.165) is 0 Å². The van der Waals surface area contributed by atoms with E-state index >= 15 is 0 Å². The van der Waals surface area contributed by atoms with Gasteiger partial charge in [0.1, 0.15) is 24.4 Å². The predicted octanol–water partition coefficient (Wildman–Crippen LogP) is -2.33. The smallest absolute Gasteiger partial charge is 0.176 e. The highest BCUT2D eigenvalue weighted by Crippen LogP contribution is 2.36. The Hall–Kier alpha value is -0.240. The van der Waals surface area contributed by atoms with E-state index in [9.17, 15) is 10.2 Å². The topological polar surface area (TPSA) is 82.4 Å². The van der Waals surface area contributed by atoms with E-state index in [4.69, 9.17) is 14.7 Å². The molecule has 76 valence electrons. The SMILES string of the molecule is CN1OC[C@]2(CO)O[C@@H](O)C1C2O. The zero-order valence-corrected chi connectivity index (χ0v) is 7.25. The van der Waals surface area contributed by atoms with Crippen molar-refractivity contribution in [2.45, 2.75) is 24.0 Å². The van der Waals surface area contributed by atoms with E-state index in [-0.39, 0.29) is 13.2 Å². The lowest BCUT2D eigenvalue weighted by atomic mass is 9.94. The van der Waals surface area contributed by atoms with Gasteiger partial charge in [-0.2, -0.15) is 5.06 Å². The maximum Gasteiger partial charge on any atom is 0.176 e. The fourth-order valence-electron chi connectivity index (χ4n) is 1.82. The maximum absolute atomic E-state index is 9.73. The highest BCUT2D eigenvalue weighted by Gasteiger charge is 2.59. The van der Waals surface area contributed by atoms with Crippen molar-refractivity contribution >= 4 is 0 Å². The van der Waals surface area contributed by atoms with Crippen molar-refractivity contribution < 1.29 is 24.9 Å². The highest BCUT2D eigenvalue weighted by atomic mass is 16.7. The maximum atomic E-state index is 9.73. The number of fused-ring (bicyclic) bond motifs is 2. The van der Waals surface area contributed by atoms with Crippen LogP contribution in [0.25, 0.3) is 0 Å². The molecule has 0 saturated carbocycles. The van der Waals surface area contributed by atoms with Crippen LogP contribution in [-0.4, -0.2) is 64.7 Å². The normalized spacial score (nSPS) is 51.2. The molecule has 4 atom stereocenters. The molecule has 0 aromatic carbocycles. The fraction of sp³-hybridized carbons (Fsp3) is 1.00. The van der Waals surface area contributed by atoms with Crippen molar-refractivity contribution in [3.63, 3.8) is 0 Å². The Morgan fingerprint density at radius 1 is 1.54 bits per heavy atom. The van der Waals surface area contributed by atoms with Gasteiger partial charge in [-0.3, -0.25) is 4.84 Å². The quantitative estimate of drug-likeness (QED) is 0.431. The number of rotatable bonds is 1. The molecule has 0 spiro atoms. The summed E-state index contributed by atoms with van der Waals surface area (Å²) in [5.74, 6) is 0. The summed E-state index contributed by atoms with van der Waals surface area (Å²) in [5, 5.41) is 29.6. The summed E-state index contributed by atoms with van der Waals surface area (Å²) in [7, 11) is 1.60. The van der Waals surface area contributed by atoms with Crippen LogP contribution in [0.15, 0.2) is 0 Å². The highest BCUT2D eigenvalue weighted by molar-refractivity contribution is 5.04. The van der Waals surface area contributed by atoms with Gasteiger partial charge < -0.3 is 20.1 Å². The number of aliphatic hydroxyl groups excluding tert-OH is 3. The van der Waals surface area contributed by atoms with Crippen LogP contribution in [0.5, 0.6) is 0 Å². The van der Waals surface area contributed by atoms with E-state index in [2.05, 4.69) is 0 Å². The molecule has 6 nitrogen and oxygen atoms in total. The number of ether oxygens (including phenoxy) is 1. The second kappa shape index (κ2) is 2.88. The zero-order chi connectivity index (χ0) is 9.64. The van der Waals surface area contributed by atoms with Gasteiger partial charge in [0.05, 0.1) is 6.61 Å². The van der Waals surface area contributed by atoms with E-state index in [0.29, 0.717) is 0 Å². The third-order valence-electron chi connectivity index (χ3n) is 2.71. The first-order chi connectivity index (χ1) is 6.10. The first-order valence-corrected chi connectivity index (χ1v) is 4.11. The lowest BCUT2D eigenvalue weighted by molar-refractivity contribution is -0.255. The van der Waals surface area contributed by atoms with Crippen LogP contribution in [-0.2, 0) is 9.57 Å². The molecule has 2 aliphatic rings. The summed E-state index contributed by atoms with van der Waals surface area (Å²) in [6.45, 7) is -0.315. The Morgan fingerprint density at radius 2 is 2.23 bits per heavy atom. The molecule has 13 heavy (non-hydrogen) atoms. The molecule has 0 radical (unpaired) electrons. The molecular formula is C7H13NO5. The molecular weight excluding hydrogens is 178 g/mol. The van der Waals surface area contributed by atoms with Crippen molar-refractivity contribution in [1.82, 2.24) is 5.06 Å². The van der Waals surface area contributed by atoms with Crippen LogP contribution in [0.2, 0.25) is 0 Å². The summed E-state index contributed by atoms with van der Waals surface area (Å²) in [5.41, 5.74) is -1.16. The van der Waals surface area contributed by atoms with Crippen molar-refractivity contribution in [3.05, 3.63) is 0 Å². The van der Waals surface area contributed by atoms with Crippen molar-refractivity contribution in [1.29, 1.82) is 0 Å². The van der Waals surface area contributed by atoms with Crippen molar-refractivity contribution in [2.75, 3.05) is 20.3 Å². The Morgan fingerprint density at radius 3 is 2.85 bits per heavy atom. The summed E-state index contributed by atoms with van der Waals surface area (Å²) in [6.07, 6.45) is -2.04. The van der Waals surface area contributed by atoms with Crippen LogP contribution in [0.1, 0.15) is 0 Å². The molecule has 2 bridgehead atoms. The molecule has 3 N–H and O–H groups in total.